The number of rotatable bonds is 2. The first kappa shape index (κ1) is 14.9. The summed E-state index contributed by atoms with van der Waals surface area (Å²) in [6, 6.07) is 7.82. The molecule has 0 spiro atoms. The molecule has 2 saturated heterocycles. The summed E-state index contributed by atoms with van der Waals surface area (Å²) in [6.07, 6.45) is 1.82. The van der Waals surface area contributed by atoms with Gasteiger partial charge in [-0.3, -0.25) is 9.59 Å². The van der Waals surface area contributed by atoms with Crippen LogP contribution in [0.4, 0.5) is 0 Å². The maximum absolute atomic E-state index is 12.9. The van der Waals surface area contributed by atoms with Gasteiger partial charge in [-0.1, -0.05) is 23.8 Å². The number of carbonyl (C=O) groups excluding carboxylic acids is 2. The third kappa shape index (κ3) is 2.58. The highest BCUT2D eigenvalue weighted by Crippen LogP contribution is 2.31. The number of aryl methyl sites for hydroxylation is 1. The van der Waals surface area contributed by atoms with Crippen LogP contribution in [0.5, 0.6) is 0 Å². The fourth-order valence-corrected chi connectivity index (χ4v) is 3.66. The second kappa shape index (κ2) is 5.78. The summed E-state index contributed by atoms with van der Waals surface area (Å²) in [7, 11) is 0. The van der Waals surface area contributed by atoms with Gasteiger partial charge in [0.25, 0.3) is 5.91 Å². The molecule has 4 rings (SSSR count). The molecule has 1 aromatic heterocycles. The van der Waals surface area contributed by atoms with Crippen molar-refractivity contribution in [2.45, 2.75) is 13.3 Å². The first-order chi connectivity index (χ1) is 11.6. The van der Waals surface area contributed by atoms with E-state index >= 15 is 0 Å². The molecule has 6 heteroatoms. The van der Waals surface area contributed by atoms with Crippen molar-refractivity contribution in [3.63, 3.8) is 0 Å². The third-order valence-corrected chi connectivity index (χ3v) is 4.92. The van der Waals surface area contributed by atoms with Gasteiger partial charge in [0, 0.05) is 31.6 Å². The maximum atomic E-state index is 12.9. The van der Waals surface area contributed by atoms with Crippen molar-refractivity contribution in [2.75, 3.05) is 19.6 Å². The molecule has 0 radical (unpaired) electrons. The van der Waals surface area contributed by atoms with Gasteiger partial charge < -0.3 is 14.6 Å². The van der Waals surface area contributed by atoms with E-state index < -0.39 is 0 Å². The van der Waals surface area contributed by atoms with Gasteiger partial charge in [0.05, 0.1) is 0 Å². The fourth-order valence-electron chi connectivity index (χ4n) is 3.66. The normalized spacial score (nSPS) is 23.0. The zero-order chi connectivity index (χ0) is 16.7. The molecule has 124 valence electrons. The Bertz CT molecular complexity index is 798. The van der Waals surface area contributed by atoms with Gasteiger partial charge in [0.1, 0.15) is 0 Å². The van der Waals surface area contributed by atoms with E-state index in [2.05, 4.69) is 10.3 Å². The van der Waals surface area contributed by atoms with Crippen LogP contribution in [0, 0.1) is 18.8 Å². The predicted molar refractivity (Wildman–Crippen MR) is 87.2 cm³/mol. The Balaban J connectivity index is 1.58. The molecule has 3 heterocycles. The van der Waals surface area contributed by atoms with Crippen molar-refractivity contribution in [1.29, 1.82) is 0 Å². The van der Waals surface area contributed by atoms with E-state index in [-0.39, 0.29) is 17.7 Å². The number of hydrogen-bond donors (Lipinski definition) is 1. The molecule has 0 aliphatic carbocycles. The van der Waals surface area contributed by atoms with Gasteiger partial charge in [-0.15, -0.1) is 0 Å². The monoisotopic (exact) mass is 325 g/mol. The predicted octanol–water partition coefficient (Wildman–Crippen LogP) is 1.86. The molecule has 2 aliphatic heterocycles. The van der Waals surface area contributed by atoms with Gasteiger partial charge in [-0.05, 0) is 24.8 Å². The van der Waals surface area contributed by atoms with Crippen LogP contribution in [0.15, 0.2) is 35.1 Å². The topological polar surface area (TPSA) is 75.4 Å². The van der Waals surface area contributed by atoms with E-state index in [9.17, 15) is 9.59 Å². The van der Waals surface area contributed by atoms with E-state index in [1.807, 2.05) is 31.2 Å². The van der Waals surface area contributed by atoms with Crippen LogP contribution < -0.4 is 5.32 Å². The Labute approximate surface area is 139 Å². The fraction of sp³-hybridized carbons (Fsp3) is 0.389. The molecule has 2 aliphatic rings. The Morgan fingerprint density at radius 2 is 2.17 bits per heavy atom. The molecule has 1 N–H and O–H groups in total. The molecular formula is C18H19N3O3. The molecule has 0 saturated carbocycles. The first-order valence-electron chi connectivity index (χ1n) is 8.18. The lowest BCUT2D eigenvalue weighted by Crippen LogP contribution is -2.40. The van der Waals surface area contributed by atoms with Crippen molar-refractivity contribution in [2.24, 2.45) is 11.8 Å². The summed E-state index contributed by atoms with van der Waals surface area (Å²) in [6.45, 7) is 3.91. The van der Waals surface area contributed by atoms with Crippen LogP contribution in [0.2, 0.25) is 0 Å². The quantitative estimate of drug-likeness (QED) is 0.914. The van der Waals surface area contributed by atoms with Crippen LogP contribution in [0.3, 0.4) is 0 Å². The molecule has 1 aromatic carbocycles. The summed E-state index contributed by atoms with van der Waals surface area (Å²) in [5.74, 6) is 1.04. The lowest BCUT2D eigenvalue weighted by molar-refractivity contribution is -0.124. The van der Waals surface area contributed by atoms with Crippen molar-refractivity contribution in [3.8, 4) is 11.3 Å². The molecule has 6 nitrogen and oxygen atoms in total. The average Bonchev–Trinajstić information content (AvgIpc) is 3.20. The first-order valence-corrected chi connectivity index (χ1v) is 8.18. The summed E-state index contributed by atoms with van der Waals surface area (Å²) in [4.78, 5) is 30.4. The van der Waals surface area contributed by atoms with Crippen LogP contribution in [-0.2, 0) is 4.79 Å². The highest BCUT2D eigenvalue weighted by atomic mass is 16.3. The Hall–Kier alpha value is -2.63. The van der Waals surface area contributed by atoms with Crippen molar-refractivity contribution >= 4 is 11.8 Å². The smallest absolute Gasteiger partial charge is 0.276 e. The van der Waals surface area contributed by atoms with E-state index in [0.717, 1.165) is 11.1 Å². The Morgan fingerprint density at radius 3 is 3.00 bits per heavy atom. The number of piperidine rings is 1. The number of nitrogens with zero attached hydrogens (tertiary/aromatic N) is 2. The number of aromatic nitrogens is 1. The largest absolute Gasteiger partial charge is 0.443 e. The Morgan fingerprint density at radius 1 is 1.33 bits per heavy atom. The number of oxazole rings is 1. The van der Waals surface area contributed by atoms with E-state index in [0.29, 0.717) is 43.4 Å². The van der Waals surface area contributed by atoms with E-state index in [1.165, 1.54) is 6.39 Å². The summed E-state index contributed by atoms with van der Waals surface area (Å²) >= 11 is 0. The molecule has 24 heavy (non-hydrogen) atoms. The standard InChI is InChI=1S/C18H19N3O3/c1-11-3-2-4-12(5-11)17-16(20-10-24-17)18(23)21-8-13-6-15(22)19-7-14(13)9-21/h2-5,10,13-14H,6-9H2,1H3,(H,19,22)/t13-,14+/m0/s1. The lowest BCUT2D eigenvalue weighted by Gasteiger charge is -2.23. The molecule has 0 bridgehead atoms. The van der Waals surface area contributed by atoms with Gasteiger partial charge in [-0.25, -0.2) is 4.98 Å². The highest BCUT2D eigenvalue weighted by molar-refractivity contribution is 5.98. The number of benzene rings is 1. The molecule has 2 amide bonds. The third-order valence-electron chi connectivity index (χ3n) is 4.92. The number of fused-ring (bicyclic) bond motifs is 1. The molecule has 0 unspecified atom stereocenters. The van der Waals surface area contributed by atoms with Crippen molar-refractivity contribution in [1.82, 2.24) is 15.2 Å². The molecule has 2 fully saturated rings. The van der Waals surface area contributed by atoms with Gasteiger partial charge in [0.15, 0.2) is 17.8 Å². The number of hydrogen-bond acceptors (Lipinski definition) is 4. The minimum atomic E-state index is -0.123. The molecular weight excluding hydrogens is 306 g/mol. The van der Waals surface area contributed by atoms with Crippen LogP contribution in [0.25, 0.3) is 11.3 Å². The minimum Gasteiger partial charge on any atom is -0.443 e. The number of amides is 2. The number of carbonyl (C=O) groups is 2. The van der Waals surface area contributed by atoms with Gasteiger partial charge in [0.2, 0.25) is 5.91 Å². The average molecular weight is 325 g/mol. The second-order valence-electron chi connectivity index (χ2n) is 6.64. The summed E-state index contributed by atoms with van der Waals surface area (Å²) in [5, 5.41) is 2.88. The van der Waals surface area contributed by atoms with E-state index in [1.54, 1.807) is 4.90 Å². The van der Waals surface area contributed by atoms with Crippen LogP contribution in [0.1, 0.15) is 22.5 Å². The second-order valence-corrected chi connectivity index (χ2v) is 6.64. The van der Waals surface area contributed by atoms with Gasteiger partial charge >= 0.3 is 0 Å². The molecule has 2 atom stereocenters. The van der Waals surface area contributed by atoms with Crippen molar-refractivity contribution in [3.05, 3.63) is 41.9 Å². The summed E-state index contributed by atoms with van der Waals surface area (Å²) in [5.41, 5.74) is 2.29. The minimum absolute atomic E-state index is 0.0763. The highest BCUT2D eigenvalue weighted by Gasteiger charge is 2.40. The zero-order valence-electron chi connectivity index (χ0n) is 13.5. The molecule has 2 aromatic rings. The van der Waals surface area contributed by atoms with E-state index in [4.69, 9.17) is 4.42 Å². The Kier molecular flexibility index (Phi) is 3.59. The van der Waals surface area contributed by atoms with Crippen LogP contribution in [-0.4, -0.2) is 41.3 Å². The van der Waals surface area contributed by atoms with Crippen LogP contribution >= 0.6 is 0 Å². The number of likely N-dealkylation sites (tertiary alicyclic amines) is 1. The lowest BCUT2D eigenvalue weighted by atomic mass is 9.89. The van der Waals surface area contributed by atoms with Crippen molar-refractivity contribution < 1.29 is 14.0 Å². The summed E-state index contributed by atoms with van der Waals surface area (Å²) < 4.78 is 5.50. The maximum Gasteiger partial charge on any atom is 0.276 e. The zero-order valence-corrected chi connectivity index (χ0v) is 13.5. The van der Waals surface area contributed by atoms with Gasteiger partial charge in [-0.2, -0.15) is 0 Å². The number of nitrogens with one attached hydrogen (secondary N) is 1. The SMILES string of the molecule is Cc1cccc(-c2ocnc2C(=O)N2C[C@H]3CNC(=O)C[C@H]3C2)c1.